The Balaban J connectivity index is 1.74. The van der Waals surface area contributed by atoms with Crippen molar-refractivity contribution in [2.24, 2.45) is 0 Å². The molecule has 1 aromatic carbocycles. The fourth-order valence-electron chi connectivity index (χ4n) is 2.71. The molecule has 192 valence electrons. The molecule has 15 heteroatoms. The number of aliphatic carboxylic acids is 1. The number of benzene rings is 1. The summed E-state index contributed by atoms with van der Waals surface area (Å²) in [4.78, 5) is 27.5. The van der Waals surface area contributed by atoms with Gasteiger partial charge < -0.3 is 19.9 Å². The molecule has 0 spiro atoms. The van der Waals surface area contributed by atoms with Gasteiger partial charge in [0.05, 0.1) is 11.6 Å². The Hall–Kier alpha value is -3.94. The first-order valence-electron chi connectivity index (χ1n) is 10.2. The quantitative estimate of drug-likeness (QED) is 0.444. The molecule has 0 aliphatic rings. The van der Waals surface area contributed by atoms with E-state index in [2.05, 4.69) is 20.4 Å². The van der Waals surface area contributed by atoms with Gasteiger partial charge in [-0.25, -0.2) is 19.0 Å². The van der Waals surface area contributed by atoms with Crippen molar-refractivity contribution in [2.45, 2.75) is 44.9 Å². The number of hydrogen-bond donors (Lipinski definition) is 2. The smallest absolute Gasteiger partial charge is 0.408 e. The number of pyridine rings is 1. The number of rotatable bonds is 8. The molecular weight excluding hydrogens is 509 g/mol. The second-order valence-electron chi connectivity index (χ2n) is 8.36. The maximum Gasteiger partial charge on any atom is 0.408 e. The van der Waals surface area contributed by atoms with Crippen molar-refractivity contribution in [3.63, 3.8) is 0 Å². The highest BCUT2D eigenvalue weighted by Gasteiger charge is 2.49. The molecule has 0 bridgehead atoms. The van der Waals surface area contributed by atoms with E-state index in [1.54, 1.807) is 0 Å². The molecular formula is C21H20ClF3N6O5. The number of nitrogens with one attached hydrogen (secondary N) is 1. The van der Waals surface area contributed by atoms with Crippen LogP contribution >= 0.6 is 11.6 Å². The summed E-state index contributed by atoms with van der Waals surface area (Å²) in [7, 11) is 0. The molecule has 2 heterocycles. The maximum atomic E-state index is 14.3. The molecule has 3 rings (SSSR count). The topological polar surface area (TPSA) is 141 Å². The summed E-state index contributed by atoms with van der Waals surface area (Å²) in [6, 6.07) is 4.69. The van der Waals surface area contributed by atoms with Crippen LogP contribution in [0.15, 0.2) is 36.5 Å². The molecule has 3 aromatic rings. The lowest BCUT2D eigenvalue weighted by Crippen LogP contribution is -2.55. The Morgan fingerprint density at radius 2 is 1.89 bits per heavy atom. The van der Waals surface area contributed by atoms with Crippen LogP contribution in [0.4, 0.5) is 18.0 Å². The normalized spacial score (nSPS) is 12.6. The number of amides is 1. The molecule has 11 nitrogen and oxygen atoms in total. The van der Waals surface area contributed by atoms with E-state index in [4.69, 9.17) is 26.2 Å². The summed E-state index contributed by atoms with van der Waals surface area (Å²) >= 11 is 5.66. The molecule has 1 atom stereocenters. The van der Waals surface area contributed by atoms with Gasteiger partial charge in [-0.1, -0.05) is 11.6 Å². The molecule has 0 aliphatic carbocycles. The lowest BCUT2D eigenvalue weighted by Gasteiger charge is -2.26. The highest BCUT2D eigenvalue weighted by molar-refractivity contribution is 6.30. The predicted octanol–water partition coefficient (Wildman–Crippen LogP) is 3.93. The molecule has 0 radical (unpaired) electrons. The predicted molar refractivity (Wildman–Crippen MR) is 118 cm³/mol. The van der Waals surface area contributed by atoms with E-state index in [1.165, 1.54) is 51.2 Å². The molecule has 1 amide bonds. The fraction of sp³-hybridized carbons (Fsp3) is 0.333. The summed E-state index contributed by atoms with van der Waals surface area (Å²) < 4.78 is 52.7. The molecule has 0 saturated carbocycles. The first kappa shape index (κ1) is 26.7. The zero-order chi connectivity index (χ0) is 26.7. The number of nitrogens with zero attached hydrogens (tertiary/aromatic N) is 5. The number of aromatic nitrogens is 5. The van der Waals surface area contributed by atoms with Crippen LogP contribution in [0.5, 0.6) is 11.6 Å². The third kappa shape index (κ3) is 6.81. The third-order valence-electron chi connectivity index (χ3n) is 4.31. The lowest BCUT2D eigenvalue weighted by molar-refractivity contribution is -0.169. The fourth-order valence-corrected chi connectivity index (χ4v) is 2.85. The number of alkyl carbamates (subject to hydrolysis) is 1. The number of carboxylic acids is 1. The number of ether oxygens (including phenoxy) is 2. The van der Waals surface area contributed by atoms with Gasteiger partial charge in [-0.2, -0.15) is 13.6 Å². The minimum absolute atomic E-state index is 0.00649. The van der Waals surface area contributed by atoms with Crippen LogP contribution in [-0.2, 0) is 16.1 Å². The summed E-state index contributed by atoms with van der Waals surface area (Å²) in [5, 5.41) is 22.3. The van der Waals surface area contributed by atoms with E-state index in [-0.39, 0.29) is 22.5 Å². The zero-order valence-corrected chi connectivity index (χ0v) is 19.8. The Bertz CT molecular complexity index is 1250. The number of alkyl halides is 2. The van der Waals surface area contributed by atoms with E-state index < -0.39 is 42.0 Å². The van der Waals surface area contributed by atoms with Crippen molar-refractivity contribution in [2.75, 3.05) is 0 Å². The number of halogens is 4. The van der Waals surface area contributed by atoms with Crippen LogP contribution in [0.25, 0.3) is 11.4 Å². The SMILES string of the molecule is CC(C)(C)OC(=O)NC(Cn1nnc(-c2ccc(Oc3ncc(Cl)cc3F)cc2)n1)C(F)(F)C(=O)O. The summed E-state index contributed by atoms with van der Waals surface area (Å²) in [5.74, 6) is -7.64. The average molecular weight is 529 g/mol. The zero-order valence-electron chi connectivity index (χ0n) is 19.1. The van der Waals surface area contributed by atoms with Gasteiger partial charge in [-0.05, 0) is 56.3 Å². The van der Waals surface area contributed by atoms with E-state index in [0.717, 1.165) is 6.07 Å². The van der Waals surface area contributed by atoms with E-state index in [0.29, 0.717) is 10.4 Å². The molecule has 0 fully saturated rings. The molecule has 0 saturated heterocycles. The molecule has 2 aromatic heterocycles. The summed E-state index contributed by atoms with van der Waals surface area (Å²) in [6.45, 7) is 3.72. The van der Waals surface area contributed by atoms with Crippen LogP contribution in [0.2, 0.25) is 5.02 Å². The van der Waals surface area contributed by atoms with Crippen molar-refractivity contribution in [3.8, 4) is 23.0 Å². The number of carboxylic acid groups (broad SMARTS) is 1. The van der Waals surface area contributed by atoms with Gasteiger partial charge in [0, 0.05) is 11.8 Å². The maximum absolute atomic E-state index is 14.3. The van der Waals surface area contributed by atoms with E-state index >= 15 is 0 Å². The van der Waals surface area contributed by atoms with Gasteiger partial charge in [-0.15, -0.1) is 10.2 Å². The van der Waals surface area contributed by atoms with Crippen LogP contribution in [-0.4, -0.2) is 59.9 Å². The van der Waals surface area contributed by atoms with Crippen LogP contribution in [0.1, 0.15) is 20.8 Å². The number of tetrazole rings is 1. The minimum Gasteiger partial charge on any atom is -0.477 e. The number of carbonyl (C=O) groups excluding carboxylic acids is 1. The van der Waals surface area contributed by atoms with E-state index in [9.17, 15) is 22.8 Å². The van der Waals surface area contributed by atoms with E-state index in [1.807, 2.05) is 5.32 Å². The Kier molecular flexibility index (Phi) is 7.67. The van der Waals surface area contributed by atoms with Gasteiger partial charge in [0.2, 0.25) is 5.82 Å². The molecule has 2 N–H and O–H groups in total. The van der Waals surface area contributed by atoms with Crippen molar-refractivity contribution < 1.29 is 37.3 Å². The largest absolute Gasteiger partial charge is 0.477 e. The standard InChI is InChI=1S/C21H20ClF3N6O5/c1-20(2,3)36-19(34)27-15(21(24,25)18(32)33)10-31-29-16(28-30-31)11-4-6-13(7-5-11)35-17-14(23)8-12(22)9-26-17/h4-9,15H,10H2,1-3H3,(H,27,34)(H,32,33). The summed E-state index contributed by atoms with van der Waals surface area (Å²) in [6.07, 6.45) is -0.0222. The third-order valence-corrected chi connectivity index (χ3v) is 4.52. The van der Waals surface area contributed by atoms with Crippen molar-refractivity contribution in [1.82, 2.24) is 30.5 Å². The van der Waals surface area contributed by atoms with Gasteiger partial charge >= 0.3 is 18.0 Å². The highest BCUT2D eigenvalue weighted by Crippen LogP contribution is 2.26. The van der Waals surface area contributed by atoms with Gasteiger partial charge in [0.25, 0.3) is 5.88 Å². The summed E-state index contributed by atoms with van der Waals surface area (Å²) in [5.41, 5.74) is -0.614. The van der Waals surface area contributed by atoms with Crippen molar-refractivity contribution in [1.29, 1.82) is 0 Å². The van der Waals surface area contributed by atoms with Crippen LogP contribution in [0, 0.1) is 5.82 Å². The average Bonchev–Trinajstić information content (AvgIpc) is 3.23. The molecule has 0 aliphatic heterocycles. The van der Waals surface area contributed by atoms with Gasteiger partial charge in [0.15, 0.2) is 5.82 Å². The highest BCUT2D eigenvalue weighted by atomic mass is 35.5. The Labute approximate surface area is 207 Å². The number of carbonyl (C=O) groups is 2. The second-order valence-corrected chi connectivity index (χ2v) is 8.80. The van der Waals surface area contributed by atoms with Gasteiger partial charge in [0.1, 0.15) is 17.4 Å². The molecule has 36 heavy (non-hydrogen) atoms. The Morgan fingerprint density at radius 1 is 1.22 bits per heavy atom. The monoisotopic (exact) mass is 528 g/mol. The Morgan fingerprint density at radius 3 is 2.47 bits per heavy atom. The first-order valence-corrected chi connectivity index (χ1v) is 10.6. The van der Waals surface area contributed by atoms with Crippen molar-refractivity contribution >= 4 is 23.7 Å². The van der Waals surface area contributed by atoms with Crippen LogP contribution in [0.3, 0.4) is 0 Å². The lowest BCUT2D eigenvalue weighted by atomic mass is 10.1. The minimum atomic E-state index is -4.37. The number of hydrogen-bond acceptors (Lipinski definition) is 8. The van der Waals surface area contributed by atoms with Crippen LogP contribution < -0.4 is 10.1 Å². The molecule has 1 unspecified atom stereocenters. The second kappa shape index (κ2) is 10.4. The first-order chi connectivity index (χ1) is 16.7. The van der Waals surface area contributed by atoms with Crippen molar-refractivity contribution in [3.05, 3.63) is 47.4 Å². The van der Waals surface area contributed by atoms with Gasteiger partial charge in [-0.3, -0.25) is 0 Å².